The van der Waals surface area contributed by atoms with Crippen LogP contribution in [0.3, 0.4) is 0 Å². The van der Waals surface area contributed by atoms with Gasteiger partial charge in [0.2, 0.25) is 0 Å². The lowest BCUT2D eigenvalue weighted by molar-refractivity contribution is 1.34. The molecule has 0 atom stereocenters. The second-order valence-corrected chi connectivity index (χ2v) is 4.64. The molecule has 0 unspecified atom stereocenters. The van der Waals surface area contributed by atoms with E-state index in [1.807, 2.05) is 18.2 Å². The summed E-state index contributed by atoms with van der Waals surface area (Å²) in [5, 5.41) is 12.5. The van der Waals surface area contributed by atoms with Gasteiger partial charge in [0, 0.05) is 11.4 Å². The van der Waals surface area contributed by atoms with E-state index in [2.05, 4.69) is 31.3 Å². The third-order valence-electron chi connectivity index (χ3n) is 2.89. The third kappa shape index (κ3) is 2.64. The molecule has 0 aromatic heterocycles. The van der Waals surface area contributed by atoms with Gasteiger partial charge in [-0.05, 0) is 55.3 Å². The van der Waals surface area contributed by atoms with Crippen molar-refractivity contribution in [3.63, 3.8) is 0 Å². The van der Waals surface area contributed by atoms with E-state index in [0.717, 1.165) is 11.4 Å². The van der Waals surface area contributed by atoms with E-state index >= 15 is 0 Å². The molecule has 0 radical (unpaired) electrons. The maximum Gasteiger partial charge on any atom is 0.101 e. The normalized spacial score (nSPS) is 9.89. The topological polar surface area (TPSA) is 35.8 Å². The molecule has 0 fully saturated rings. The average Bonchev–Trinajstić information content (AvgIpc) is 2.34. The third-order valence-corrected chi connectivity index (χ3v) is 3.20. The van der Waals surface area contributed by atoms with Gasteiger partial charge in [-0.1, -0.05) is 17.7 Å². The summed E-state index contributed by atoms with van der Waals surface area (Å²) in [6.07, 6.45) is 0. The van der Waals surface area contributed by atoms with E-state index in [4.69, 9.17) is 16.9 Å². The molecule has 0 heterocycles. The van der Waals surface area contributed by atoms with Gasteiger partial charge in [0.05, 0.1) is 10.6 Å². The molecular weight excluding hydrogens is 244 g/mol. The van der Waals surface area contributed by atoms with Crippen LogP contribution in [0, 0.1) is 25.2 Å². The molecule has 2 aromatic carbocycles. The van der Waals surface area contributed by atoms with E-state index in [9.17, 15) is 0 Å². The Hall–Kier alpha value is -1.98. The van der Waals surface area contributed by atoms with Crippen molar-refractivity contribution in [1.82, 2.24) is 0 Å². The number of nitrogens with one attached hydrogen (secondary N) is 1. The van der Waals surface area contributed by atoms with Crippen LogP contribution in [-0.4, -0.2) is 0 Å². The van der Waals surface area contributed by atoms with Crippen molar-refractivity contribution in [2.24, 2.45) is 0 Å². The zero-order valence-electron chi connectivity index (χ0n) is 10.3. The average molecular weight is 257 g/mol. The van der Waals surface area contributed by atoms with E-state index in [-0.39, 0.29) is 0 Å². The second-order valence-electron chi connectivity index (χ2n) is 4.23. The van der Waals surface area contributed by atoms with Crippen molar-refractivity contribution in [2.45, 2.75) is 13.8 Å². The van der Waals surface area contributed by atoms with Gasteiger partial charge in [0.1, 0.15) is 6.07 Å². The molecule has 0 aliphatic rings. The summed E-state index contributed by atoms with van der Waals surface area (Å²) in [5.74, 6) is 0. The Kier molecular flexibility index (Phi) is 3.55. The van der Waals surface area contributed by atoms with Crippen LogP contribution in [0.4, 0.5) is 11.4 Å². The zero-order chi connectivity index (χ0) is 13.1. The van der Waals surface area contributed by atoms with Crippen LogP contribution in [-0.2, 0) is 0 Å². The van der Waals surface area contributed by atoms with Crippen molar-refractivity contribution in [1.29, 1.82) is 5.26 Å². The fourth-order valence-corrected chi connectivity index (χ4v) is 1.89. The monoisotopic (exact) mass is 256 g/mol. The fraction of sp³-hybridized carbons (Fsp3) is 0.133. The summed E-state index contributed by atoms with van der Waals surface area (Å²) in [7, 11) is 0. The predicted molar refractivity (Wildman–Crippen MR) is 75.4 cm³/mol. The number of aryl methyl sites for hydroxylation is 2. The van der Waals surface area contributed by atoms with Gasteiger partial charge in [-0.25, -0.2) is 0 Å². The number of hydrogen-bond acceptors (Lipinski definition) is 2. The summed E-state index contributed by atoms with van der Waals surface area (Å²) in [6.45, 7) is 4.16. The van der Waals surface area contributed by atoms with Crippen molar-refractivity contribution in [2.75, 3.05) is 5.32 Å². The van der Waals surface area contributed by atoms with Gasteiger partial charge in [0.25, 0.3) is 0 Å². The highest BCUT2D eigenvalue weighted by Crippen LogP contribution is 2.24. The second kappa shape index (κ2) is 5.12. The Morgan fingerprint density at radius 2 is 1.67 bits per heavy atom. The first-order valence-electron chi connectivity index (χ1n) is 5.64. The van der Waals surface area contributed by atoms with Crippen LogP contribution >= 0.6 is 11.6 Å². The van der Waals surface area contributed by atoms with Crippen molar-refractivity contribution >= 4 is 23.0 Å². The molecule has 2 rings (SSSR count). The number of nitrogens with zero attached hydrogens (tertiary/aromatic N) is 1. The predicted octanol–water partition coefficient (Wildman–Crippen LogP) is 4.57. The number of benzene rings is 2. The summed E-state index contributed by atoms with van der Waals surface area (Å²) in [6, 6.07) is 13.5. The molecule has 0 amide bonds. The van der Waals surface area contributed by atoms with Crippen LogP contribution in [0.1, 0.15) is 16.7 Å². The van der Waals surface area contributed by atoms with Crippen LogP contribution < -0.4 is 5.32 Å². The summed E-state index contributed by atoms with van der Waals surface area (Å²) < 4.78 is 0. The SMILES string of the molecule is Cc1ccc(Nc2ccc(C#N)c(Cl)c2)cc1C. The lowest BCUT2D eigenvalue weighted by Gasteiger charge is -2.09. The summed E-state index contributed by atoms with van der Waals surface area (Å²) in [5.41, 5.74) is 4.88. The number of anilines is 2. The molecule has 0 aliphatic heterocycles. The minimum Gasteiger partial charge on any atom is -0.355 e. The van der Waals surface area contributed by atoms with Gasteiger partial charge in [0.15, 0.2) is 0 Å². The Morgan fingerprint density at radius 1 is 1.00 bits per heavy atom. The van der Waals surface area contributed by atoms with Gasteiger partial charge in [-0.15, -0.1) is 0 Å². The molecule has 0 spiro atoms. The summed E-state index contributed by atoms with van der Waals surface area (Å²) >= 11 is 5.99. The van der Waals surface area contributed by atoms with Gasteiger partial charge >= 0.3 is 0 Å². The maximum absolute atomic E-state index is 8.81. The number of halogens is 1. The Labute approximate surface area is 112 Å². The van der Waals surface area contributed by atoms with Gasteiger partial charge in [-0.2, -0.15) is 5.26 Å². The summed E-state index contributed by atoms with van der Waals surface area (Å²) in [4.78, 5) is 0. The molecule has 2 aromatic rings. The molecular formula is C15H13ClN2. The Balaban J connectivity index is 2.26. The van der Waals surface area contributed by atoms with Gasteiger partial charge in [-0.3, -0.25) is 0 Å². The smallest absolute Gasteiger partial charge is 0.101 e. The highest BCUT2D eigenvalue weighted by molar-refractivity contribution is 6.32. The first-order valence-corrected chi connectivity index (χ1v) is 6.02. The molecule has 90 valence electrons. The maximum atomic E-state index is 8.81. The highest BCUT2D eigenvalue weighted by atomic mass is 35.5. The molecule has 0 saturated heterocycles. The molecule has 2 nitrogen and oxygen atoms in total. The van der Waals surface area contributed by atoms with Crippen LogP contribution in [0.2, 0.25) is 5.02 Å². The molecule has 1 N–H and O–H groups in total. The standard InChI is InChI=1S/C15H13ClN2/c1-10-3-5-13(7-11(10)2)18-14-6-4-12(9-17)15(16)8-14/h3-8,18H,1-2H3. The number of nitriles is 1. The molecule has 18 heavy (non-hydrogen) atoms. The van der Waals surface area contributed by atoms with Gasteiger partial charge < -0.3 is 5.32 Å². The minimum absolute atomic E-state index is 0.464. The Morgan fingerprint density at radius 3 is 2.28 bits per heavy atom. The van der Waals surface area contributed by atoms with E-state index in [1.54, 1.807) is 12.1 Å². The van der Waals surface area contributed by atoms with Crippen molar-refractivity contribution in [3.8, 4) is 6.07 Å². The van der Waals surface area contributed by atoms with Crippen molar-refractivity contribution in [3.05, 3.63) is 58.1 Å². The quantitative estimate of drug-likeness (QED) is 0.854. The van der Waals surface area contributed by atoms with Crippen LogP contribution in [0.25, 0.3) is 0 Å². The zero-order valence-corrected chi connectivity index (χ0v) is 11.0. The minimum atomic E-state index is 0.464. The molecule has 3 heteroatoms. The first kappa shape index (κ1) is 12.5. The van der Waals surface area contributed by atoms with Crippen LogP contribution in [0.15, 0.2) is 36.4 Å². The molecule has 0 aliphatic carbocycles. The lowest BCUT2D eigenvalue weighted by atomic mass is 10.1. The Bertz CT molecular complexity index is 627. The fourth-order valence-electron chi connectivity index (χ4n) is 1.67. The van der Waals surface area contributed by atoms with E-state index in [0.29, 0.717) is 10.6 Å². The number of hydrogen-bond donors (Lipinski definition) is 1. The first-order chi connectivity index (χ1) is 8.60. The number of rotatable bonds is 2. The largest absolute Gasteiger partial charge is 0.355 e. The van der Waals surface area contributed by atoms with Crippen molar-refractivity contribution < 1.29 is 0 Å². The van der Waals surface area contributed by atoms with E-state index in [1.165, 1.54) is 11.1 Å². The van der Waals surface area contributed by atoms with Crippen LogP contribution in [0.5, 0.6) is 0 Å². The lowest BCUT2D eigenvalue weighted by Crippen LogP contribution is -1.92. The molecule has 0 bridgehead atoms. The van der Waals surface area contributed by atoms with E-state index < -0.39 is 0 Å². The molecule has 0 saturated carbocycles. The highest BCUT2D eigenvalue weighted by Gasteiger charge is 2.02.